The highest BCUT2D eigenvalue weighted by atomic mass is 32.2. The molecule has 0 unspecified atom stereocenters. The summed E-state index contributed by atoms with van der Waals surface area (Å²) in [7, 11) is 0. The van der Waals surface area contributed by atoms with Gasteiger partial charge in [-0.1, -0.05) is 43.8 Å². The Bertz CT molecular complexity index is 838. The highest BCUT2D eigenvalue weighted by molar-refractivity contribution is 7.99. The van der Waals surface area contributed by atoms with Gasteiger partial charge in [0.05, 0.1) is 11.8 Å². The Hall–Kier alpha value is -2.05. The molecule has 136 valence electrons. The van der Waals surface area contributed by atoms with E-state index in [2.05, 4.69) is 48.4 Å². The standard InChI is InChI=1S/C20H23N3OS2/c1-14(2)16-6-8-17(9-7-16)23-11-10-21-20(23)26-13-19(24)22-15(3)18-5-4-12-25-18/h4-12,14-15H,13H2,1-3H3,(H,22,24)/t15-/m1/s1. The Morgan fingerprint density at radius 2 is 2.00 bits per heavy atom. The van der Waals surface area contributed by atoms with Crippen LogP contribution < -0.4 is 5.32 Å². The molecule has 1 aromatic carbocycles. The van der Waals surface area contributed by atoms with Crippen molar-refractivity contribution < 1.29 is 4.79 Å². The second-order valence-electron chi connectivity index (χ2n) is 6.42. The monoisotopic (exact) mass is 385 g/mol. The molecule has 4 nitrogen and oxygen atoms in total. The summed E-state index contributed by atoms with van der Waals surface area (Å²) in [5.41, 5.74) is 2.37. The number of carbonyl (C=O) groups excluding carboxylic acids is 1. The summed E-state index contributed by atoms with van der Waals surface area (Å²) in [5.74, 6) is 0.867. The zero-order valence-corrected chi connectivity index (χ0v) is 16.8. The van der Waals surface area contributed by atoms with Crippen molar-refractivity contribution in [2.24, 2.45) is 0 Å². The third-order valence-corrected chi connectivity index (χ3v) is 6.15. The number of rotatable bonds is 7. The zero-order valence-electron chi connectivity index (χ0n) is 15.2. The fraction of sp³-hybridized carbons (Fsp3) is 0.300. The molecule has 1 N–H and O–H groups in total. The molecule has 2 heterocycles. The van der Waals surface area contributed by atoms with Crippen LogP contribution in [0.25, 0.3) is 5.69 Å². The fourth-order valence-corrected chi connectivity index (χ4v) is 4.15. The lowest BCUT2D eigenvalue weighted by Gasteiger charge is -2.13. The van der Waals surface area contributed by atoms with Crippen LogP contribution in [0.3, 0.4) is 0 Å². The van der Waals surface area contributed by atoms with Crippen molar-refractivity contribution in [3.8, 4) is 5.69 Å². The van der Waals surface area contributed by atoms with Crippen molar-refractivity contribution in [3.63, 3.8) is 0 Å². The number of thiophene rings is 1. The van der Waals surface area contributed by atoms with Crippen molar-refractivity contribution in [2.45, 2.75) is 37.9 Å². The van der Waals surface area contributed by atoms with Gasteiger partial charge in [0.1, 0.15) is 0 Å². The summed E-state index contributed by atoms with van der Waals surface area (Å²) >= 11 is 3.10. The van der Waals surface area contributed by atoms with Gasteiger partial charge in [-0.25, -0.2) is 4.98 Å². The molecule has 1 amide bonds. The highest BCUT2D eigenvalue weighted by Crippen LogP contribution is 2.23. The molecule has 3 rings (SSSR count). The molecule has 0 saturated carbocycles. The molecule has 1 atom stereocenters. The molecule has 0 fully saturated rings. The lowest BCUT2D eigenvalue weighted by Crippen LogP contribution is -2.27. The summed E-state index contributed by atoms with van der Waals surface area (Å²) < 4.78 is 2.02. The van der Waals surface area contributed by atoms with Gasteiger partial charge in [-0.15, -0.1) is 11.3 Å². The molecule has 0 aliphatic carbocycles. The number of hydrogen-bond donors (Lipinski definition) is 1. The fourth-order valence-electron chi connectivity index (χ4n) is 2.63. The smallest absolute Gasteiger partial charge is 0.230 e. The van der Waals surface area contributed by atoms with Gasteiger partial charge in [0.15, 0.2) is 5.16 Å². The third kappa shape index (κ3) is 4.56. The van der Waals surface area contributed by atoms with E-state index in [4.69, 9.17) is 0 Å². The number of nitrogens with zero attached hydrogens (tertiary/aromatic N) is 2. The van der Waals surface area contributed by atoms with Crippen LogP contribution in [0.15, 0.2) is 59.3 Å². The van der Waals surface area contributed by atoms with Gasteiger partial charge < -0.3 is 5.32 Å². The maximum atomic E-state index is 12.2. The number of hydrogen-bond acceptors (Lipinski definition) is 4. The molecular formula is C20H23N3OS2. The predicted octanol–water partition coefficient (Wildman–Crippen LogP) is 5.03. The maximum Gasteiger partial charge on any atom is 0.230 e. The van der Waals surface area contributed by atoms with Crippen molar-refractivity contribution in [3.05, 3.63) is 64.6 Å². The Kier molecular flexibility index (Phi) is 6.16. The summed E-state index contributed by atoms with van der Waals surface area (Å²) in [6, 6.07) is 12.6. The van der Waals surface area contributed by atoms with Crippen molar-refractivity contribution in [1.82, 2.24) is 14.9 Å². The number of carbonyl (C=O) groups is 1. The van der Waals surface area contributed by atoms with Crippen molar-refractivity contribution in [1.29, 1.82) is 0 Å². The summed E-state index contributed by atoms with van der Waals surface area (Å²) in [6.45, 7) is 6.37. The maximum absolute atomic E-state index is 12.2. The molecule has 2 aromatic heterocycles. The number of amides is 1. The van der Waals surface area contributed by atoms with Gasteiger partial charge in [-0.3, -0.25) is 9.36 Å². The molecule has 0 saturated heterocycles. The van der Waals surface area contributed by atoms with Crippen LogP contribution in [0.1, 0.15) is 43.2 Å². The number of imidazole rings is 1. The van der Waals surface area contributed by atoms with Crippen LogP contribution in [-0.4, -0.2) is 21.2 Å². The Balaban J connectivity index is 1.61. The van der Waals surface area contributed by atoms with Crippen LogP contribution in [0.5, 0.6) is 0 Å². The first-order valence-corrected chi connectivity index (χ1v) is 10.5. The van der Waals surface area contributed by atoms with Crippen molar-refractivity contribution in [2.75, 3.05) is 5.75 Å². The average molecular weight is 386 g/mol. The van der Waals surface area contributed by atoms with Crippen LogP contribution in [0, 0.1) is 0 Å². The quantitative estimate of drug-likeness (QED) is 0.581. The normalized spacial score (nSPS) is 12.3. The van der Waals surface area contributed by atoms with Gasteiger partial charge in [-0.05, 0) is 42.0 Å². The zero-order chi connectivity index (χ0) is 18.5. The molecular weight excluding hydrogens is 362 g/mol. The van der Waals surface area contributed by atoms with E-state index in [0.717, 1.165) is 15.7 Å². The van der Waals surface area contributed by atoms with Crippen molar-refractivity contribution >= 4 is 29.0 Å². The number of benzene rings is 1. The minimum absolute atomic E-state index is 0.0144. The number of nitrogens with one attached hydrogen (secondary N) is 1. The number of aromatic nitrogens is 2. The Morgan fingerprint density at radius 3 is 2.65 bits per heavy atom. The molecule has 3 aromatic rings. The third-order valence-electron chi connectivity index (χ3n) is 4.12. The summed E-state index contributed by atoms with van der Waals surface area (Å²) in [5, 5.41) is 5.88. The second kappa shape index (κ2) is 8.56. The molecule has 0 spiro atoms. The van der Waals surface area contributed by atoms with Gasteiger partial charge in [0.2, 0.25) is 5.91 Å². The minimum Gasteiger partial charge on any atom is -0.348 e. The SMILES string of the molecule is CC(C)c1ccc(-n2ccnc2SCC(=O)N[C@H](C)c2cccs2)cc1. The van der Waals surface area contributed by atoms with Gasteiger partial charge in [0.25, 0.3) is 0 Å². The largest absolute Gasteiger partial charge is 0.348 e. The highest BCUT2D eigenvalue weighted by Gasteiger charge is 2.13. The van der Waals surface area contributed by atoms with Crippen LogP contribution in [0.4, 0.5) is 0 Å². The van der Waals surface area contributed by atoms with E-state index in [9.17, 15) is 4.79 Å². The van der Waals surface area contributed by atoms with E-state index in [1.807, 2.05) is 35.2 Å². The van der Waals surface area contributed by atoms with E-state index in [1.54, 1.807) is 17.5 Å². The Morgan fingerprint density at radius 1 is 1.23 bits per heavy atom. The van der Waals surface area contributed by atoms with Gasteiger partial charge in [0, 0.05) is 23.0 Å². The van der Waals surface area contributed by atoms with Crippen LogP contribution >= 0.6 is 23.1 Å². The van der Waals surface area contributed by atoms with E-state index in [1.165, 1.54) is 17.3 Å². The molecule has 26 heavy (non-hydrogen) atoms. The minimum atomic E-state index is 0.0144. The topological polar surface area (TPSA) is 46.9 Å². The summed E-state index contributed by atoms with van der Waals surface area (Å²) in [6.07, 6.45) is 3.70. The molecule has 0 aliphatic heterocycles. The van der Waals surface area contributed by atoms with Crippen LogP contribution in [-0.2, 0) is 4.79 Å². The van der Waals surface area contributed by atoms with Crippen LogP contribution in [0.2, 0.25) is 0 Å². The predicted molar refractivity (Wildman–Crippen MR) is 109 cm³/mol. The van der Waals surface area contributed by atoms with E-state index in [0.29, 0.717) is 11.7 Å². The molecule has 0 bridgehead atoms. The van der Waals surface area contributed by atoms with Gasteiger partial charge >= 0.3 is 0 Å². The lowest BCUT2D eigenvalue weighted by molar-refractivity contribution is -0.119. The lowest BCUT2D eigenvalue weighted by atomic mass is 10.0. The molecule has 0 radical (unpaired) electrons. The first-order chi connectivity index (χ1) is 12.5. The van der Waals surface area contributed by atoms with E-state index in [-0.39, 0.29) is 11.9 Å². The Labute approximate surface area is 162 Å². The second-order valence-corrected chi connectivity index (χ2v) is 8.34. The van der Waals surface area contributed by atoms with E-state index >= 15 is 0 Å². The summed E-state index contributed by atoms with van der Waals surface area (Å²) in [4.78, 5) is 17.8. The first-order valence-electron chi connectivity index (χ1n) is 8.64. The molecule has 6 heteroatoms. The van der Waals surface area contributed by atoms with Gasteiger partial charge in [-0.2, -0.15) is 0 Å². The first kappa shape index (κ1) is 18.7. The number of thioether (sulfide) groups is 1. The van der Waals surface area contributed by atoms with E-state index < -0.39 is 0 Å². The average Bonchev–Trinajstić information content (AvgIpc) is 3.31. The molecule has 0 aliphatic rings.